The maximum atomic E-state index is 11.4. The van der Waals surface area contributed by atoms with Crippen LogP contribution < -0.4 is 0 Å². The Hall–Kier alpha value is -2.00. The molecule has 27 heavy (non-hydrogen) atoms. The van der Waals surface area contributed by atoms with Gasteiger partial charge in [-0.2, -0.15) is 0 Å². The van der Waals surface area contributed by atoms with E-state index >= 15 is 0 Å². The molecule has 0 heterocycles. The predicted molar refractivity (Wildman–Crippen MR) is 123 cm³/mol. The van der Waals surface area contributed by atoms with Crippen molar-refractivity contribution >= 4 is 17.7 Å². The van der Waals surface area contributed by atoms with Gasteiger partial charge in [0.1, 0.15) is 6.10 Å². The van der Waals surface area contributed by atoms with Crippen molar-refractivity contribution in [1.82, 2.24) is 0 Å². The Morgan fingerprint density at radius 1 is 1.26 bits per heavy atom. The molecule has 1 rings (SSSR count). The van der Waals surface area contributed by atoms with E-state index in [1.807, 2.05) is 64.1 Å². The highest BCUT2D eigenvalue weighted by Gasteiger charge is 2.13. The normalized spacial score (nSPS) is 11.4. The number of rotatable bonds is 8. The minimum absolute atomic E-state index is 0.0775. The number of esters is 1. The maximum absolute atomic E-state index is 11.4. The van der Waals surface area contributed by atoms with Crippen molar-refractivity contribution in [2.24, 2.45) is 0 Å². The summed E-state index contributed by atoms with van der Waals surface area (Å²) in [5.41, 5.74) is 1.76. The van der Waals surface area contributed by atoms with Gasteiger partial charge in [0.15, 0.2) is 0 Å². The van der Waals surface area contributed by atoms with E-state index in [4.69, 9.17) is 4.74 Å². The first-order valence-corrected chi connectivity index (χ1v) is 10.4. The van der Waals surface area contributed by atoms with E-state index in [-0.39, 0.29) is 12.1 Å². The van der Waals surface area contributed by atoms with Gasteiger partial charge in [-0.15, -0.1) is 11.8 Å². The van der Waals surface area contributed by atoms with Gasteiger partial charge in [0.25, 0.3) is 0 Å². The van der Waals surface area contributed by atoms with Crippen LogP contribution in [0, 0.1) is 6.92 Å². The van der Waals surface area contributed by atoms with Crippen LogP contribution in [0.4, 0.5) is 0 Å². The van der Waals surface area contributed by atoms with E-state index in [0.29, 0.717) is 5.57 Å². The van der Waals surface area contributed by atoms with Crippen LogP contribution in [-0.4, -0.2) is 17.8 Å². The summed E-state index contributed by atoms with van der Waals surface area (Å²) in [5.74, 6) is 0.433. The molecule has 0 fully saturated rings. The highest BCUT2D eigenvalue weighted by atomic mass is 32.2. The molecule has 1 aromatic rings. The molecule has 0 aromatic heterocycles. The summed E-state index contributed by atoms with van der Waals surface area (Å²) < 4.78 is 5.33. The smallest absolute Gasteiger partial charge is 0.333 e. The summed E-state index contributed by atoms with van der Waals surface area (Å²) in [6.07, 6.45) is 8.37. The summed E-state index contributed by atoms with van der Waals surface area (Å²) in [6, 6.07) is 10.3. The van der Waals surface area contributed by atoms with Crippen LogP contribution in [0.15, 0.2) is 78.3 Å². The van der Waals surface area contributed by atoms with Crippen LogP contribution in [-0.2, 0) is 9.53 Å². The minimum atomic E-state index is -0.314. The molecule has 0 amide bonds. The van der Waals surface area contributed by atoms with Crippen LogP contribution in [0.1, 0.15) is 46.6 Å². The van der Waals surface area contributed by atoms with Crippen LogP contribution in [0.3, 0.4) is 0 Å². The second-order valence-corrected chi connectivity index (χ2v) is 6.56. The van der Waals surface area contributed by atoms with Gasteiger partial charge in [0.2, 0.25) is 0 Å². The molecule has 1 aromatic carbocycles. The summed E-state index contributed by atoms with van der Waals surface area (Å²) in [5, 5.41) is 0. The third-order valence-corrected chi connectivity index (χ3v) is 4.38. The zero-order valence-electron chi connectivity index (χ0n) is 17.8. The zero-order chi connectivity index (χ0) is 21.1. The van der Waals surface area contributed by atoms with Crippen molar-refractivity contribution in [3.05, 3.63) is 83.8 Å². The summed E-state index contributed by atoms with van der Waals surface area (Å²) >= 11 is 1.67. The van der Waals surface area contributed by atoms with Crippen LogP contribution >= 0.6 is 11.8 Å². The topological polar surface area (TPSA) is 26.3 Å². The van der Waals surface area contributed by atoms with Gasteiger partial charge in [-0.3, -0.25) is 0 Å². The molecular formula is C24H36O2S. The second-order valence-electron chi connectivity index (χ2n) is 5.47. The Bertz CT molecular complexity index is 586. The van der Waals surface area contributed by atoms with E-state index in [1.54, 1.807) is 24.8 Å². The Labute approximate surface area is 171 Å². The third kappa shape index (κ3) is 15.9. The lowest BCUT2D eigenvalue weighted by molar-refractivity contribution is -0.143. The van der Waals surface area contributed by atoms with Gasteiger partial charge in [-0.1, -0.05) is 88.1 Å². The molecular weight excluding hydrogens is 352 g/mol. The van der Waals surface area contributed by atoms with Crippen molar-refractivity contribution in [1.29, 1.82) is 0 Å². The second kappa shape index (κ2) is 18.8. The minimum Gasteiger partial charge on any atom is -0.458 e. The predicted octanol–water partition coefficient (Wildman–Crippen LogP) is 7.28. The quantitative estimate of drug-likeness (QED) is 0.266. The average Bonchev–Trinajstić information content (AvgIpc) is 2.69. The van der Waals surface area contributed by atoms with Gasteiger partial charge in [-0.05, 0) is 33.3 Å². The molecule has 3 heteroatoms. The highest BCUT2D eigenvalue weighted by Crippen LogP contribution is 2.20. The number of aryl methyl sites for hydroxylation is 1. The fraction of sp³-hybridized carbons (Fsp3) is 0.375. The summed E-state index contributed by atoms with van der Waals surface area (Å²) in [4.78, 5) is 12.6. The Balaban J connectivity index is 0. The van der Waals surface area contributed by atoms with Gasteiger partial charge in [0.05, 0.1) is 0 Å². The molecule has 2 nitrogen and oxygen atoms in total. The molecule has 0 saturated heterocycles. The molecule has 150 valence electrons. The number of thioether (sulfide) groups is 1. The molecule has 0 aliphatic heterocycles. The first kappa shape index (κ1) is 27.2. The number of allylic oxidation sites excluding steroid dienone is 4. The lowest BCUT2D eigenvalue weighted by Crippen LogP contribution is -2.20. The number of carbonyl (C=O) groups excluding carboxylic acids is 1. The molecule has 0 radical (unpaired) electrons. The van der Waals surface area contributed by atoms with E-state index in [0.717, 1.165) is 17.1 Å². The number of benzene rings is 1. The molecule has 0 saturated carbocycles. The van der Waals surface area contributed by atoms with E-state index in [9.17, 15) is 4.79 Å². The van der Waals surface area contributed by atoms with Crippen molar-refractivity contribution in [2.75, 3.05) is 5.75 Å². The largest absolute Gasteiger partial charge is 0.458 e. The molecule has 0 aliphatic carbocycles. The zero-order valence-corrected chi connectivity index (χ0v) is 18.6. The molecule has 0 bridgehead atoms. The number of hydrogen-bond acceptors (Lipinski definition) is 3. The van der Waals surface area contributed by atoms with E-state index in [2.05, 4.69) is 32.2 Å². The lowest BCUT2D eigenvalue weighted by Gasteiger charge is -2.16. The SMILES string of the molecule is C=C/C=C\C(=C/C)SCC(CC)OC(=O)C(=C)C.CC.Cc1ccccc1. The van der Waals surface area contributed by atoms with E-state index < -0.39 is 0 Å². The molecule has 0 N–H and O–H groups in total. The molecule has 1 atom stereocenters. The number of ether oxygens (including phenoxy) is 1. The molecule has 0 aliphatic rings. The van der Waals surface area contributed by atoms with Gasteiger partial charge in [-0.25, -0.2) is 4.79 Å². The van der Waals surface area contributed by atoms with E-state index in [1.165, 1.54) is 5.56 Å². The fourth-order valence-electron chi connectivity index (χ4n) is 1.60. The third-order valence-electron chi connectivity index (χ3n) is 3.13. The van der Waals surface area contributed by atoms with Crippen molar-refractivity contribution in [3.8, 4) is 0 Å². The van der Waals surface area contributed by atoms with Crippen LogP contribution in [0.25, 0.3) is 0 Å². The molecule has 1 unspecified atom stereocenters. The monoisotopic (exact) mass is 388 g/mol. The summed E-state index contributed by atoms with van der Waals surface area (Å²) in [7, 11) is 0. The number of carbonyl (C=O) groups is 1. The summed E-state index contributed by atoms with van der Waals surface area (Å²) in [6.45, 7) is 18.9. The van der Waals surface area contributed by atoms with Gasteiger partial charge < -0.3 is 4.74 Å². The highest BCUT2D eigenvalue weighted by molar-refractivity contribution is 8.03. The standard InChI is InChI=1S/C15H22O2S.C7H8.C2H6/c1-6-9-10-14(8-3)18-11-13(7-2)17-15(16)12(4)5;1-7-5-3-2-4-6-7;1-2/h6,8-10,13H,1,4,7,11H2,2-3,5H3;2-6H,1H3;1-2H3/b10-9-,14-8+;;. The van der Waals surface area contributed by atoms with Crippen molar-refractivity contribution in [3.63, 3.8) is 0 Å². The van der Waals surface area contributed by atoms with Crippen LogP contribution in [0.2, 0.25) is 0 Å². The maximum Gasteiger partial charge on any atom is 0.333 e. The van der Waals surface area contributed by atoms with Gasteiger partial charge >= 0.3 is 5.97 Å². The first-order valence-electron chi connectivity index (χ1n) is 9.40. The Morgan fingerprint density at radius 2 is 1.85 bits per heavy atom. The lowest BCUT2D eigenvalue weighted by atomic mass is 10.2. The number of hydrogen-bond donors (Lipinski definition) is 0. The average molecular weight is 389 g/mol. The van der Waals surface area contributed by atoms with Crippen molar-refractivity contribution < 1.29 is 9.53 Å². The van der Waals surface area contributed by atoms with Crippen molar-refractivity contribution in [2.45, 2.75) is 54.1 Å². The fourth-order valence-corrected chi connectivity index (χ4v) is 2.62. The Morgan fingerprint density at radius 3 is 2.22 bits per heavy atom. The first-order chi connectivity index (χ1) is 12.9. The Kier molecular flexibility index (Phi) is 18.9. The van der Waals surface area contributed by atoms with Crippen LogP contribution in [0.5, 0.6) is 0 Å². The molecule has 0 spiro atoms. The van der Waals surface area contributed by atoms with Gasteiger partial charge in [0, 0.05) is 16.2 Å².